The van der Waals surface area contributed by atoms with Crippen LogP contribution in [0.15, 0.2) is 66.7 Å². The van der Waals surface area contributed by atoms with Crippen LogP contribution in [0.25, 0.3) is 22.3 Å². The molecule has 2 atom stereocenters. The molecule has 234 valence electrons. The molecule has 1 saturated heterocycles. The van der Waals surface area contributed by atoms with E-state index in [0.717, 1.165) is 18.2 Å². The zero-order chi connectivity index (χ0) is 32.4. The second-order valence-corrected chi connectivity index (χ2v) is 10.8. The monoisotopic (exact) mass is 627 g/mol. The molecule has 1 aliphatic rings. The van der Waals surface area contributed by atoms with Gasteiger partial charge in [0, 0.05) is 43.8 Å². The number of carbonyl (C=O) groups excluding carboxylic acids is 1. The first kappa shape index (κ1) is 30.8. The van der Waals surface area contributed by atoms with Crippen molar-refractivity contribution in [3.8, 4) is 23.2 Å². The van der Waals surface area contributed by atoms with E-state index in [1.165, 1.54) is 31.4 Å². The molecular weight excluding hydrogens is 599 g/mol. The molecular formula is C34H28F3N5O4. The molecule has 0 saturated carbocycles. The number of hydrogen-bond donors (Lipinski definition) is 1. The number of methoxy groups -OCH3 is 2. The molecule has 3 heterocycles. The van der Waals surface area contributed by atoms with Gasteiger partial charge in [-0.15, -0.1) is 0 Å². The Bertz CT molecular complexity index is 1990. The van der Waals surface area contributed by atoms with Gasteiger partial charge in [0.05, 0.1) is 53.2 Å². The maximum Gasteiger partial charge on any atom is 0.337 e. The van der Waals surface area contributed by atoms with Crippen LogP contribution in [0.2, 0.25) is 0 Å². The van der Waals surface area contributed by atoms with Gasteiger partial charge in [-0.05, 0) is 54.1 Å². The average molecular weight is 628 g/mol. The van der Waals surface area contributed by atoms with Crippen molar-refractivity contribution in [3.05, 3.63) is 112 Å². The van der Waals surface area contributed by atoms with Gasteiger partial charge in [0.15, 0.2) is 0 Å². The van der Waals surface area contributed by atoms with Crippen LogP contribution in [0.4, 0.5) is 13.2 Å². The van der Waals surface area contributed by atoms with Crippen LogP contribution < -0.4 is 10.1 Å². The van der Waals surface area contributed by atoms with Gasteiger partial charge >= 0.3 is 5.97 Å². The summed E-state index contributed by atoms with van der Waals surface area (Å²) in [5, 5.41) is 12.2. The summed E-state index contributed by atoms with van der Waals surface area (Å²) >= 11 is 0. The summed E-state index contributed by atoms with van der Waals surface area (Å²) in [6, 6.07) is 17.5. The number of benzene rings is 3. The summed E-state index contributed by atoms with van der Waals surface area (Å²) in [5.74, 6) is -1.90. The van der Waals surface area contributed by atoms with Gasteiger partial charge in [-0.25, -0.2) is 27.9 Å². The SMILES string of the molecule is COC(=O)c1ccc2nc(Cc3cc(F)c(-c4cccc(OCc5ccc(C#N)cc5F)n4)cc3F)n([C@@H]3CNC[C@@H]3OC)c2c1. The van der Waals surface area contributed by atoms with Crippen molar-refractivity contribution in [2.45, 2.75) is 25.2 Å². The summed E-state index contributed by atoms with van der Waals surface area (Å²) in [5.41, 5.74) is 2.10. The van der Waals surface area contributed by atoms with Crippen LogP contribution in [-0.2, 0) is 22.5 Å². The van der Waals surface area contributed by atoms with E-state index in [-0.39, 0.29) is 59.0 Å². The molecule has 46 heavy (non-hydrogen) atoms. The summed E-state index contributed by atoms with van der Waals surface area (Å²) < 4.78 is 63.7. The maximum atomic E-state index is 15.7. The average Bonchev–Trinajstić information content (AvgIpc) is 3.68. The molecule has 1 aliphatic heterocycles. The van der Waals surface area contributed by atoms with Gasteiger partial charge in [-0.3, -0.25) is 0 Å². The highest BCUT2D eigenvalue weighted by molar-refractivity contribution is 5.93. The molecule has 2 aromatic heterocycles. The number of fused-ring (bicyclic) bond motifs is 1. The van der Waals surface area contributed by atoms with Gasteiger partial charge in [-0.2, -0.15) is 5.26 Å². The Kier molecular flexibility index (Phi) is 8.70. The number of rotatable bonds is 9. The second kappa shape index (κ2) is 13.0. The Morgan fingerprint density at radius 1 is 0.978 bits per heavy atom. The fraction of sp³-hybridized carbons (Fsp3) is 0.235. The molecule has 1 N–H and O–H groups in total. The molecule has 9 nitrogen and oxygen atoms in total. The number of halogens is 3. The van der Waals surface area contributed by atoms with E-state index < -0.39 is 23.4 Å². The highest BCUT2D eigenvalue weighted by atomic mass is 19.1. The van der Waals surface area contributed by atoms with E-state index in [9.17, 15) is 9.18 Å². The molecule has 0 unspecified atom stereocenters. The third-order valence-corrected chi connectivity index (χ3v) is 7.99. The molecule has 0 aliphatic carbocycles. The predicted octanol–water partition coefficient (Wildman–Crippen LogP) is 5.50. The smallest absolute Gasteiger partial charge is 0.337 e. The lowest BCUT2D eigenvalue weighted by Gasteiger charge is -2.22. The van der Waals surface area contributed by atoms with Crippen LogP contribution in [0.5, 0.6) is 5.88 Å². The Morgan fingerprint density at radius 3 is 2.57 bits per heavy atom. The van der Waals surface area contributed by atoms with Gasteiger partial charge in [-0.1, -0.05) is 12.1 Å². The number of carbonyl (C=O) groups is 1. The van der Waals surface area contributed by atoms with Gasteiger partial charge in [0.25, 0.3) is 0 Å². The molecule has 0 bridgehead atoms. The quantitative estimate of drug-likeness (QED) is 0.213. The number of nitrogens with zero attached hydrogens (tertiary/aromatic N) is 4. The maximum absolute atomic E-state index is 15.7. The van der Waals surface area contributed by atoms with E-state index in [1.54, 1.807) is 31.4 Å². The van der Waals surface area contributed by atoms with Crippen molar-refractivity contribution in [2.24, 2.45) is 0 Å². The lowest BCUT2D eigenvalue weighted by molar-refractivity contribution is 0.0601. The van der Waals surface area contributed by atoms with Crippen LogP contribution in [0.1, 0.15) is 38.9 Å². The number of nitrogens with one attached hydrogen (secondary N) is 1. The first-order chi connectivity index (χ1) is 22.3. The number of ether oxygens (including phenoxy) is 3. The highest BCUT2D eigenvalue weighted by Gasteiger charge is 2.32. The van der Waals surface area contributed by atoms with Crippen LogP contribution in [-0.4, -0.2) is 53.9 Å². The van der Waals surface area contributed by atoms with E-state index in [1.807, 2.05) is 10.6 Å². The summed E-state index contributed by atoms with van der Waals surface area (Å²) in [6.07, 6.45) is -0.249. The lowest BCUT2D eigenvalue weighted by Crippen LogP contribution is -2.26. The van der Waals surface area contributed by atoms with Crippen molar-refractivity contribution in [2.75, 3.05) is 27.3 Å². The molecule has 6 rings (SSSR count). The Hall–Kier alpha value is -5.25. The van der Waals surface area contributed by atoms with Crippen molar-refractivity contribution >= 4 is 17.0 Å². The highest BCUT2D eigenvalue weighted by Crippen LogP contribution is 2.31. The van der Waals surface area contributed by atoms with Crippen LogP contribution in [0.3, 0.4) is 0 Å². The minimum atomic E-state index is -0.702. The molecule has 0 spiro atoms. The van der Waals surface area contributed by atoms with Crippen molar-refractivity contribution in [1.82, 2.24) is 19.9 Å². The summed E-state index contributed by atoms with van der Waals surface area (Å²) in [6.45, 7) is 0.969. The van der Waals surface area contributed by atoms with Crippen LogP contribution >= 0.6 is 0 Å². The standard InChI is InChI=1S/C34H28F3N5O4/c1-44-31-17-39-16-30(31)42-29-12-20(34(43)45-2)8-9-28(29)40-32(42)13-22-11-26(37)23(14-25(22)36)27-4-3-5-33(41-27)46-18-21-7-6-19(15-38)10-24(21)35/h3-12,14,30-31,39H,13,16-18H2,1-2H3/t30-,31+/m1/s1. The van der Waals surface area contributed by atoms with E-state index in [4.69, 9.17) is 24.5 Å². The number of pyridine rings is 1. The number of imidazole rings is 1. The summed E-state index contributed by atoms with van der Waals surface area (Å²) in [4.78, 5) is 21.3. The molecule has 0 amide bonds. The Morgan fingerprint density at radius 2 is 1.80 bits per heavy atom. The van der Waals surface area contributed by atoms with E-state index in [0.29, 0.717) is 35.5 Å². The predicted molar refractivity (Wildman–Crippen MR) is 162 cm³/mol. The second-order valence-electron chi connectivity index (χ2n) is 10.8. The van der Waals surface area contributed by atoms with Crippen LogP contribution in [0, 0.1) is 28.8 Å². The lowest BCUT2D eigenvalue weighted by atomic mass is 10.0. The van der Waals surface area contributed by atoms with Crippen molar-refractivity contribution in [3.63, 3.8) is 0 Å². The third-order valence-electron chi connectivity index (χ3n) is 7.99. The zero-order valence-corrected chi connectivity index (χ0v) is 24.9. The van der Waals surface area contributed by atoms with E-state index in [2.05, 4.69) is 10.3 Å². The van der Waals surface area contributed by atoms with Crippen molar-refractivity contribution in [1.29, 1.82) is 5.26 Å². The number of aromatic nitrogens is 3. The molecule has 0 radical (unpaired) electrons. The van der Waals surface area contributed by atoms with Gasteiger partial charge in [0.1, 0.15) is 29.9 Å². The summed E-state index contributed by atoms with van der Waals surface area (Å²) in [7, 11) is 2.91. The molecule has 5 aromatic rings. The van der Waals surface area contributed by atoms with Gasteiger partial charge < -0.3 is 24.1 Å². The van der Waals surface area contributed by atoms with Crippen molar-refractivity contribution < 1.29 is 32.2 Å². The molecule has 1 fully saturated rings. The molecule has 3 aromatic carbocycles. The molecule has 12 heteroatoms. The normalized spacial score (nSPS) is 16.0. The van der Waals surface area contributed by atoms with Gasteiger partial charge in [0.2, 0.25) is 5.88 Å². The van der Waals surface area contributed by atoms with E-state index >= 15 is 8.78 Å². The zero-order valence-electron chi connectivity index (χ0n) is 24.9. The minimum Gasteiger partial charge on any atom is -0.473 e. The number of hydrogen-bond acceptors (Lipinski definition) is 8. The topological polar surface area (TPSA) is 111 Å². The third kappa shape index (κ3) is 6.02. The fourth-order valence-electron chi connectivity index (χ4n) is 5.64. The Balaban J connectivity index is 1.30. The number of esters is 1. The first-order valence-corrected chi connectivity index (χ1v) is 14.4. The number of nitriles is 1. The fourth-order valence-corrected chi connectivity index (χ4v) is 5.64. The largest absolute Gasteiger partial charge is 0.473 e. The Labute approximate surface area is 262 Å². The minimum absolute atomic E-state index is 0.0368. The first-order valence-electron chi connectivity index (χ1n) is 14.4.